The SMILES string of the molecule is C#CC12CCC(CCCCC)(CC1)CC2. The Morgan fingerprint density at radius 1 is 1.00 bits per heavy atom. The van der Waals surface area contributed by atoms with Crippen LogP contribution in [0.2, 0.25) is 0 Å². The molecule has 0 N–H and O–H groups in total. The number of rotatable bonds is 4. The molecule has 0 heterocycles. The van der Waals surface area contributed by atoms with Crippen molar-refractivity contribution < 1.29 is 0 Å². The van der Waals surface area contributed by atoms with Gasteiger partial charge in [0.15, 0.2) is 0 Å². The summed E-state index contributed by atoms with van der Waals surface area (Å²) in [5.41, 5.74) is 1.04. The molecular formula is C15H24. The molecule has 3 saturated carbocycles. The molecular weight excluding hydrogens is 180 g/mol. The lowest BCUT2D eigenvalue weighted by molar-refractivity contribution is 0.0187. The van der Waals surface area contributed by atoms with E-state index in [1.807, 2.05) is 0 Å². The number of unbranched alkanes of at least 4 members (excludes halogenated alkanes) is 2. The fourth-order valence-electron chi connectivity index (χ4n) is 3.60. The zero-order valence-electron chi connectivity index (χ0n) is 10.1. The minimum absolute atomic E-state index is 0.326. The molecule has 0 saturated heterocycles. The molecule has 0 aromatic rings. The highest BCUT2D eigenvalue weighted by molar-refractivity contribution is 5.13. The van der Waals surface area contributed by atoms with Gasteiger partial charge in [-0.2, -0.15) is 0 Å². The first-order chi connectivity index (χ1) is 7.24. The molecule has 0 aliphatic heterocycles. The van der Waals surface area contributed by atoms with Crippen molar-refractivity contribution in [2.45, 2.75) is 71.1 Å². The maximum absolute atomic E-state index is 5.69. The largest absolute Gasteiger partial charge is 0.120 e. The molecule has 3 fully saturated rings. The highest BCUT2D eigenvalue weighted by Crippen LogP contribution is 2.58. The van der Waals surface area contributed by atoms with Crippen molar-refractivity contribution in [1.29, 1.82) is 0 Å². The van der Waals surface area contributed by atoms with Gasteiger partial charge < -0.3 is 0 Å². The van der Waals surface area contributed by atoms with Crippen LogP contribution in [0.25, 0.3) is 0 Å². The monoisotopic (exact) mass is 204 g/mol. The smallest absolute Gasteiger partial charge is 0.0312 e. The van der Waals surface area contributed by atoms with Crippen LogP contribution in [0.3, 0.4) is 0 Å². The Morgan fingerprint density at radius 3 is 2.07 bits per heavy atom. The molecule has 3 aliphatic rings. The Balaban J connectivity index is 1.90. The van der Waals surface area contributed by atoms with Crippen molar-refractivity contribution >= 4 is 0 Å². The summed E-state index contributed by atoms with van der Waals surface area (Å²) >= 11 is 0. The van der Waals surface area contributed by atoms with E-state index in [1.165, 1.54) is 64.2 Å². The lowest BCUT2D eigenvalue weighted by Gasteiger charge is -2.51. The third-order valence-electron chi connectivity index (χ3n) is 5.02. The van der Waals surface area contributed by atoms with Crippen LogP contribution < -0.4 is 0 Å². The van der Waals surface area contributed by atoms with Gasteiger partial charge in [-0.05, 0) is 50.4 Å². The summed E-state index contributed by atoms with van der Waals surface area (Å²) in [6.45, 7) is 2.29. The van der Waals surface area contributed by atoms with E-state index >= 15 is 0 Å². The second-order valence-corrected chi connectivity index (χ2v) is 5.88. The first-order valence-electron chi connectivity index (χ1n) is 6.72. The van der Waals surface area contributed by atoms with Crippen molar-refractivity contribution in [2.75, 3.05) is 0 Å². The van der Waals surface area contributed by atoms with Gasteiger partial charge in [0.1, 0.15) is 0 Å². The Morgan fingerprint density at radius 2 is 1.60 bits per heavy atom. The Bertz CT molecular complexity index is 231. The van der Waals surface area contributed by atoms with Crippen molar-refractivity contribution in [3.05, 3.63) is 0 Å². The van der Waals surface area contributed by atoms with Crippen LogP contribution in [-0.4, -0.2) is 0 Å². The summed E-state index contributed by atoms with van der Waals surface area (Å²) in [4.78, 5) is 0. The van der Waals surface area contributed by atoms with Gasteiger partial charge in [0.2, 0.25) is 0 Å². The maximum atomic E-state index is 5.69. The van der Waals surface area contributed by atoms with E-state index in [4.69, 9.17) is 6.42 Å². The van der Waals surface area contributed by atoms with E-state index in [9.17, 15) is 0 Å². The van der Waals surface area contributed by atoms with E-state index in [0.29, 0.717) is 10.8 Å². The minimum atomic E-state index is 0.326. The molecule has 15 heavy (non-hydrogen) atoms. The van der Waals surface area contributed by atoms with Gasteiger partial charge in [-0.3, -0.25) is 0 Å². The minimum Gasteiger partial charge on any atom is -0.120 e. The van der Waals surface area contributed by atoms with Gasteiger partial charge in [-0.1, -0.05) is 32.1 Å². The van der Waals surface area contributed by atoms with Crippen molar-refractivity contribution in [3.8, 4) is 12.3 Å². The van der Waals surface area contributed by atoms with E-state index in [0.717, 1.165) is 0 Å². The summed E-state index contributed by atoms with van der Waals surface area (Å²) in [6.07, 6.45) is 19.6. The summed E-state index contributed by atoms with van der Waals surface area (Å²) in [7, 11) is 0. The summed E-state index contributed by atoms with van der Waals surface area (Å²) in [5.74, 6) is 3.09. The maximum Gasteiger partial charge on any atom is 0.0312 e. The highest BCUT2D eigenvalue weighted by atomic mass is 14.5. The second kappa shape index (κ2) is 4.20. The third kappa shape index (κ3) is 2.07. The Labute approximate surface area is 94.8 Å². The van der Waals surface area contributed by atoms with Crippen LogP contribution in [0.15, 0.2) is 0 Å². The average Bonchev–Trinajstić information content (AvgIpc) is 2.32. The van der Waals surface area contributed by atoms with Gasteiger partial charge in [-0.15, -0.1) is 6.42 Å². The Hall–Kier alpha value is -0.440. The topological polar surface area (TPSA) is 0 Å². The predicted molar refractivity (Wildman–Crippen MR) is 65.5 cm³/mol. The molecule has 0 atom stereocenters. The van der Waals surface area contributed by atoms with Gasteiger partial charge in [0, 0.05) is 5.41 Å². The second-order valence-electron chi connectivity index (χ2n) is 5.88. The lowest BCUT2D eigenvalue weighted by atomic mass is 9.53. The lowest BCUT2D eigenvalue weighted by Crippen LogP contribution is -2.40. The molecule has 0 heteroatoms. The zero-order chi connectivity index (χ0) is 10.8. The quantitative estimate of drug-likeness (QED) is 0.466. The van der Waals surface area contributed by atoms with Crippen molar-refractivity contribution in [3.63, 3.8) is 0 Å². The molecule has 0 aromatic carbocycles. The fraction of sp³-hybridized carbons (Fsp3) is 0.867. The van der Waals surface area contributed by atoms with E-state index < -0.39 is 0 Å². The predicted octanol–water partition coefficient (Wildman–Crippen LogP) is 4.54. The van der Waals surface area contributed by atoms with Gasteiger partial charge in [0.25, 0.3) is 0 Å². The molecule has 0 amide bonds. The molecule has 3 aliphatic carbocycles. The number of hydrogen-bond donors (Lipinski definition) is 0. The molecule has 2 bridgehead atoms. The zero-order valence-corrected chi connectivity index (χ0v) is 10.1. The van der Waals surface area contributed by atoms with Gasteiger partial charge in [0.05, 0.1) is 0 Å². The number of hydrogen-bond acceptors (Lipinski definition) is 0. The molecule has 0 radical (unpaired) electrons. The summed E-state index contributed by atoms with van der Waals surface area (Å²) in [5, 5.41) is 0. The molecule has 0 aromatic heterocycles. The Kier molecular flexibility index (Phi) is 3.10. The molecule has 84 valence electrons. The fourth-order valence-corrected chi connectivity index (χ4v) is 3.60. The van der Waals surface area contributed by atoms with Crippen LogP contribution in [0.1, 0.15) is 71.1 Å². The molecule has 0 spiro atoms. The van der Waals surface area contributed by atoms with Crippen LogP contribution in [0.4, 0.5) is 0 Å². The molecule has 3 rings (SSSR count). The third-order valence-corrected chi connectivity index (χ3v) is 5.02. The summed E-state index contributed by atoms with van der Waals surface area (Å²) < 4.78 is 0. The molecule has 0 unspecified atom stereocenters. The first-order valence-corrected chi connectivity index (χ1v) is 6.72. The average molecular weight is 204 g/mol. The van der Waals surface area contributed by atoms with Crippen LogP contribution in [0.5, 0.6) is 0 Å². The number of fused-ring (bicyclic) bond motifs is 3. The van der Waals surface area contributed by atoms with E-state index in [-0.39, 0.29) is 0 Å². The first kappa shape index (κ1) is 11.1. The van der Waals surface area contributed by atoms with Crippen molar-refractivity contribution in [2.24, 2.45) is 10.8 Å². The van der Waals surface area contributed by atoms with E-state index in [2.05, 4.69) is 12.8 Å². The van der Waals surface area contributed by atoms with Gasteiger partial charge in [-0.25, -0.2) is 0 Å². The highest BCUT2D eigenvalue weighted by Gasteiger charge is 2.46. The van der Waals surface area contributed by atoms with Crippen LogP contribution in [-0.2, 0) is 0 Å². The summed E-state index contributed by atoms with van der Waals surface area (Å²) in [6, 6.07) is 0. The van der Waals surface area contributed by atoms with Crippen LogP contribution in [0, 0.1) is 23.2 Å². The normalized spacial score (nSPS) is 38.9. The van der Waals surface area contributed by atoms with Crippen molar-refractivity contribution in [1.82, 2.24) is 0 Å². The standard InChI is InChI=1S/C15H24/c1-3-5-6-7-15-11-8-14(4-2,9-12-15)10-13-15/h2H,3,5-13H2,1H3. The van der Waals surface area contributed by atoms with Gasteiger partial charge >= 0.3 is 0 Å². The van der Waals surface area contributed by atoms with Crippen LogP contribution >= 0.6 is 0 Å². The number of terminal acetylenes is 1. The van der Waals surface area contributed by atoms with E-state index in [1.54, 1.807) is 0 Å². The molecule has 0 nitrogen and oxygen atoms in total.